The maximum absolute atomic E-state index is 13.7. The first-order valence-corrected chi connectivity index (χ1v) is 12.9. The van der Waals surface area contributed by atoms with Crippen LogP contribution in [0.25, 0.3) is 10.2 Å². The summed E-state index contributed by atoms with van der Waals surface area (Å²) in [5.41, 5.74) is 5.29. The van der Waals surface area contributed by atoms with Gasteiger partial charge in [0.1, 0.15) is 11.3 Å². The van der Waals surface area contributed by atoms with Gasteiger partial charge in [-0.05, 0) is 56.0 Å². The number of ether oxygens (including phenoxy) is 2. The minimum Gasteiger partial charge on any atom is -0.494 e. The lowest BCUT2D eigenvalue weighted by molar-refractivity contribution is -0.118. The van der Waals surface area contributed by atoms with E-state index in [1.54, 1.807) is 7.11 Å². The van der Waals surface area contributed by atoms with E-state index < -0.39 is 0 Å². The van der Waals surface area contributed by atoms with Crippen LogP contribution < -0.4 is 9.64 Å². The number of carbonyl (C=O) groups excluding carboxylic acids is 1. The van der Waals surface area contributed by atoms with Crippen LogP contribution in [0.2, 0.25) is 5.02 Å². The summed E-state index contributed by atoms with van der Waals surface area (Å²) < 4.78 is 11.8. The topological polar surface area (TPSA) is 54.9 Å². The van der Waals surface area contributed by atoms with Crippen molar-refractivity contribution in [3.63, 3.8) is 0 Å². The molecule has 4 rings (SSSR count). The summed E-state index contributed by atoms with van der Waals surface area (Å²) in [6, 6.07) is 7.91. The number of hydrogen-bond donors (Lipinski definition) is 0. The third-order valence-electron chi connectivity index (χ3n) is 6.33. The maximum atomic E-state index is 13.7. The lowest BCUT2D eigenvalue weighted by atomic mass is 9.97. The molecular formula is C26H32ClN3O3S. The van der Waals surface area contributed by atoms with E-state index in [4.69, 9.17) is 26.1 Å². The first-order valence-electron chi connectivity index (χ1n) is 11.7. The Bertz CT molecular complexity index is 1150. The van der Waals surface area contributed by atoms with Crippen LogP contribution in [0.1, 0.15) is 28.7 Å². The second-order valence-electron chi connectivity index (χ2n) is 8.83. The molecule has 3 aromatic rings. The molecule has 0 radical (unpaired) electrons. The third kappa shape index (κ3) is 5.54. The highest BCUT2D eigenvalue weighted by molar-refractivity contribution is 7.23. The lowest BCUT2D eigenvalue weighted by Gasteiger charge is -2.28. The van der Waals surface area contributed by atoms with Crippen molar-refractivity contribution in [1.82, 2.24) is 9.88 Å². The molecule has 34 heavy (non-hydrogen) atoms. The number of benzene rings is 2. The number of halogens is 1. The summed E-state index contributed by atoms with van der Waals surface area (Å²) in [5, 5.41) is 1.28. The second-order valence-corrected chi connectivity index (χ2v) is 10.2. The predicted octanol–water partition coefficient (Wildman–Crippen LogP) is 5.18. The number of rotatable bonds is 8. The zero-order valence-electron chi connectivity index (χ0n) is 20.3. The second kappa shape index (κ2) is 11.0. The molecule has 0 aliphatic carbocycles. The predicted molar refractivity (Wildman–Crippen MR) is 140 cm³/mol. The molecule has 0 N–H and O–H groups in total. The number of hydrogen-bond acceptors (Lipinski definition) is 6. The van der Waals surface area contributed by atoms with E-state index in [0.29, 0.717) is 34.4 Å². The van der Waals surface area contributed by atoms with Gasteiger partial charge in [-0.2, -0.15) is 0 Å². The van der Waals surface area contributed by atoms with Gasteiger partial charge in [0.05, 0.1) is 36.5 Å². The number of methoxy groups -OCH3 is 1. The number of nitrogens with zero attached hydrogens (tertiary/aromatic N) is 3. The number of thiazole rings is 1. The number of anilines is 1. The van der Waals surface area contributed by atoms with E-state index in [-0.39, 0.29) is 5.91 Å². The van der Waals surface area contributed by atoms with E-state index in [2.05, 4.69) is 37.8 Å². The van der Waals surface area contributed by atoms with Gasteiger partial charge in [-0.15, -0.1) is 0 Å². The molecule has 0 unspecified atom stereocenters. The van der Waals surface area contributed by atoms with Crippen molar-refractivity contribution in [2.24, 2.45) is 0 Å². The van der Waals surface area contributed by atoms with E-state index >= 15 is 0 Å². The SMILES string of the molecule is COc1ccc(Cl)c2sc(N(CCCN3CCOCC3)C(=O)Cc3c(C)cc(C)cc3C)nc12. The van der Waals surface area contributed by atoms with Gasteiger partial charge in [-0.3, -0.25) is 14.6 Å². The summed E-state index contributed by atoms with van der Waals surface area (Å²) in [6.07, 6.45) is 1.20. The van der Waals surface area contributed by atoms with E-state index in [1.165, 1.54) is 16.9 Å². The Kier molecular flexibility index (Phi) is 8.09. The fourth-order valence-corrected chi connectivity index (χ4v) is 5.86. The fourth-order valence-electron chi connectivity index (χ4n) is 4.56. The Morgan fingerprint density at radius 1 is 1.21 bits per heavy atom. The molecule has 6 nitrogen and oxygen atoms in total. The summed E-state index contributed by atoms with van der Waals surface area (Å²) >= 11 is 7.91. The molecule has 1 aliphatic heterocycles. The Morgan fingerprint density at radius 2 is 1.91 bits per heavy atom. The molecule has 0 atom stereocenters. The van der Waals surface area contributed by atoms with Crippen LogP contribution in [-0.2, 0) is 16.0 Å². The van der Waals surface area contributed by atoms with Crippen molar-refractivity contribution >= 4 is 44.2 Å². The molecule has 8 heteroatoms. The van der Waals surface area contributed by atoms with Crippen LogP contribution in [0.4, 0.5) is 5.13 Å². The first kappa shape index (κ1) is 24.9. The van der Waals surface area contributed by atoms with Crippen molar-refractivity contribution in [2.75, 3.05) is 51.4 Å². The minimum absolute atomic E-state index is 0.0474. The smallest absolute Gasteiger partial charge is 0.233 e. The van der Waals surface area contributed by atoms with Gasteiger partial charge < -0.3 is 9.47 Å². The Morgan fingerprint density at radius 3 is 2.59 bits per heavy atom. The van der Waals surface area contributed by atoms with Crippen LogP contribution in [0, 0.1) is 20.8 Å². The molecule has 1 aromatic heterocycles. The number of amides is 1. The fraction of sp³-hybridized carbons (Fsp3) is 0.462. The summed E-state index contributed by atoms with van der Waals surface area (Å²) in [4.78, 5) is 22.7. The maximum Gasteiger partial charge on any atom is 0.233 e. The first-order chi connectivity index (χ1) is 16.4. The third-order valence-corrected chi connectivity index (χ3v) is 7.87. The molecule has 2 aromatic carbocycles. The lowest BCUT2D eigenvalue weighted by Crippen LogP contribution is -2.39. The van der Waals surface area contributed by atoms with Crippen molar-refractivity contribution in [2.45, 2.75) is 33.6 Å². The quantitative estimate of drug-likeness (QED) is 0.425. The van der Waals surface area contributed by atoms with Crippen LogP contribution >= 0.6 is 22.9 Å². The molecule has 1 saturated heterocycles. The largest absolute Gasteiger partial charge is 0.494 e. The van der Waals surface area contributed by atoms with Gasteiger partial charge in [-0.25, -0.2) is 4.98 Å². The van der Waals surface area contributed by atoms with Crippen molar-refractivity contribution < 1.29 is 14.3 Å². The standard InChI is InChI=1S/C26H32ClN3O3S/c1-17-14-18(2)20(19(3)15-17)16-23(31)30(9-5-8-29-10-12-33-13-11-29)26-28-24-22(32-4)7-6-21(27)25(24)34-26/h6-7,14-15H,5,8-13,16H2,1-4H3. The van der Waals surface area contributed by atoms with E-state index in [1.807, 2.05) is 17.0 Å². The Labute approximate surface area is 210 Å². The highest BCUT2D eigenvalue weighted by atomic mass is 35.5. The summed E-state index contributed by atoms with van der Waals surface area (Å²) in [7, 11) is 1.62. The van der Waals surface area contributed by atoms with Gasteiger partial charge in [0, 0.05) is 26.2 Å². The van der Waals surface area contributed by atoms with Crippen molar-refractivity contribution in [1.29, 1.82) is 0 Å². The number of fused-ring (bicyclic) bond motifs is 1. The van der Waals surface area contributed by atoms with Gasteiger partial charge in [-0.1, -0.05) is 40.6 Å². The van der Waals surface area contributed by atoms with Crippen LogP contribution in [0.3, 0.4) is 0 Å². The molecule has 1 aliphatic rings. The Balaban J connectivity index is 1.62. The molecule has 2 heterocycles. The highest BCUT2D eigenvalue weighted by Gasteiger charge is 2.23. The Hall–Kier alpha value is -2.19. The summed E-state index contributed by atoms with van der Waals surface area (Å²) in [6.45, 7) is 11.2. The summed E-state index contributed by atoms with van der Waals surface area (Å²) in [5.74, 6) is 0.707. The molecule has 1 fully saturated rings. The molecule has 0 bridgehead atoms. The van der Waals surface area contributed by atoms with E-state index in [9.17, 15) is 4.79 Å². The minimum atomic E-state index is 0.0474. The number of aromatic nitrogens is 1. The zero-order chi connectivity index (χ0) is 24.2. The van der Waals surface area contributed by atoms with Gasteiger partial charge in [0.15, 0.2) is 5.13 Å². The average Bonchev–Trinajstić information content (AvgIpc) is 3.26. The van der Waals surface area contributed by atoms with Gasteiger partial charge in [0.25, 0.3) is 0 Å². The van der Waals surface area contributed by atoms with Crippen LogP contribution in [-0.4, -0.2) is 62.3 Å². The van der Waals surface area contributed by atoms with E-state index in [0.717, 1.165) is 60.7 Å². The van der Waals surface area contributed by atoms with Crippen LogP contribution in [0.15, 0.2) is 24.3 Å². The van der Waals surface area contributed by atoms with Crippen molar-refractivity contribution in [3.8, 4) is 5.75 Å². The molecule has 182 valence electrons. The molecule has 0 saturated carbocycles. The average molecular weight is 502 g/mol. The number of carbonyl (C=O) groups is 1. The molecule has 1 amide bonds. The molecule has 0 spiro atoms. The highest BCUT2D eigenvalue weighted by Crippen LogP contribution is 2.39. The van der Waals surface area contributed by atoms with Gasteiger partial charge in [0.2, 0.25) is 5.91 Å². The zero-order valence-corrected chi connectivity index (χ0v) is 21.9. The normalized spacial score (nSPS) is 14.5. The van der Waals surface area contributed by atoms with Gasteiger partial charge >= 0.3 is 0 Å². The van der Waals surface area contributed by atoms with Crippen molar-refractivity contribution in [3.05, 3.63) is 51.5 Å². The number of morpholine rings is 1. The number of aryl methyl sites for hydroxylation is 3. The monoisotopic (exact) mass is 501 g/mol. The van der Waals surface area contributed by atoms with Crippen LogP contribution in [0.5, 0.6) is 5.75 Å². The molecular weight excluding hydrogens is 470 g/mol.